The van der Waals surface area contributed by atoms with Crippen LogP contribution in [0.3, 0.4) is 0 Å². The van der Waals surface area contributed by atoms with Crippen LogP contribution >= 0.6 is 12.6 Å². The SMILES string of the molecule is OC[C@@H](O)[C@@H](O)[C@H](O)[C@H](O)C(O)S. The van der Waals surface area contributed by atoms with Crippen molar-refractivity contribution in [1.82, 2.24) is 0 Å². The molecule has 6 nitrogen and oxygen atoms in total. The third-order valence-corrected chi connectivity index (χ3v) is 1.89. The van der Waals surface area contributed by atoms with Crippen molar-refractivity contribution in [2.45, 2.75) is 29.9 Å². The Morgan fingerprint density at radius 3 is 1.62 bits per heavy atom. The standard InChI is InChI=1S/C6H14O6S/c7-1-2(8)3(9)4(10)5(11)6(12)13/h2-13H,1H2/t2-,3-,4+,5+,6?/m1/s1. The predicted octanol–water partition coefficient (Wildman–Crippen LogP) is -3.33. The van der Waals surface area contributed by atoms with Crippen LogP contribution in [0.2, 0.25) is 0 Å². The van der Waals surface area contributed by atoms with Gasteiger partial charge in [-0.05, 0) is 0 Å². The molecule has 0 bridgehead atoms. The first-order valence-electron chi connectivity index (χ1n) is 3.61. The van der Waals surface area contributed by atoms with Gasteiger partial charge in [0.15, 0.2) is 0 Å². The molecule has 0 radical (unpaired) electrons. The van der Waals surface area contributed by atoms with Crippen LogP contribution in [0.4, 0.5) is 0 Å². The van der Waals surface area contributed by atoms with Gasteiger partial charge in [0.2, 0.25) is 0 Å². The molecule has 7 heteroatoms. The van der Waals surface area contributed by atoms with E-state index in [9.17, 15) is 0 Å². The zero-order valence-electron chi connectivity index (χ0n) is 6.72. The highest BCUT2D eigenvalue weighted by atomic mass is 32.1. The Kier molecular flexibility index (Phi) is 5.81. The Morgan fingerprint density at radius 1 is 0.846 bits per heavy atom. The van der Waals surface area contributed by atoms with Gasteiger partial charge in [0.1, 0.15) is 29.9 Å². The van der Waals surface area contributed by atoms with E-state index in [1.807, 2.05) is 0 Å². The van der Waals surface area contributed by atoms with Gasteiger partial charge in [0.05, 0.1) is 6.61 Å². The van der Waals surface area contributed by atoms with Gasteiger partial charge < -0.3 is 30.6 Å². The van der Waals surface area contributed by atoms with Crippen molar-refractivity contribution < 1.29 is 30.6 Å². The fourth-order valence-corrected chi connectivity index (χ4v) is 0.890. The molecule has 0 aromatic heterocycles. The van der Waals surface area contributed by atoms with E-state index < -0.39 is 36.5 Å². The Balaban J connectivity index is 4.15. The van der Waals surface area contributed by atoms with Gasteiger partial charge in [0, 0.05) is 0 Å². The second-order valence-electron chi connectivity index (χ2n) is 2.64. The van der Waals surface area contributed by atoms with Gasteiger partial charge >= 0.3 is 0 Å². The normalized spacial score (nSPS) is 23.3. The molecule has 1 unspecified atom stereocenters. The van der Waals surface area contributed by atoms with Crippen LogP contribution in [0.25, 0.3) is 0 Å². The molecule has 0 fully saturated rings. The van der Waals surface area contributed by atoms with Crippen LogP contribution in [-0.4, -0.2) is 67.1 Å². The Morgan fingerprint density at radius 2 is 1.31 bits per heavy atom. The maximum atomic E-state index is 9.08. The van der Waals surface area contributed by atoms with Crippen LogP contribution < -0.4 is 0 Å². The molecule has 13 heavy (non-hydrogen) atoms. The molecule has 0 heterocycles. The molecule has 0 aliphatic heterocycles. The lowest BCUT2D eigenvalue weighted by molar-refractivity contribution is -0.127. The van der Waals surface area contributed by atoms with Crippen LogP contribution in [-0.2, 0) is 0 Å². The van der Waals surface area contributed by atoms with Crippen molar-refractivity contribution in [2.75, 3.05) is 6.61 Å². The zero-order valence-corrected chi connectivity index (χ0v) is 7.62. The summed E-state index contributed by atoms with van der Waals surface area (Å²) in [5, 5.41) is 53.0. The first kappa shape index (κ1) is 13.1. The topological polar surface area (TPSA) is 121 Å². The van der Waals surface area contributed by atoms with Crippen molar-refractivity contribution in [1.29, 1.82) is 0 Å². The highest BCUT2D eigenvalue weighted by molar-refractivity contribution is 7.80. The third kappa shape index (κ3) is 3.77. The summed E-state index contributed by atoms with van der Waals surface area (Å²) >= 11 is 3.41. The molecular weight excluding hydrogens is 200 g/mol. The Bertz CT molecular complexity index is 143. The van der Waals surface area contributed by atoms with Crippen LogP contribution in [0.1, 0.15) is 0 Å². The lowest BCUT2D eigenvalue weighted by Crippen LogP contribution is -2.48. The van der Waals surface area contributed by atoms with Gasteiger partial charge in [-0.1, -0.05) is 0 Å². The minimum absolute atomic E-state index is 0.756. The van der Waals surface area contributed by atoms with Gasteiger partial charge in [-0.2, -0.15) is 0 Å². The van der Waals surface area contributed by atoms with E-state index in [-0.39, 0.29) is 0 Å². The number of thiol groups is 1. The summed E-state index contributed by atoms with van der Waals surface area (Å²) in [5.41, 5.74) is -1.53. The van der Waals surface area contributed by atoms with Crippen molar-refractivity contribution in [3.8, 4) is 0 Å². The highest BCUT2D eigenvalue weighted by Gasteiger charge is 2.32. The maximum Gasteiger partial charge on any atom is 0.125 e. The molecule has 0 aliphatic carbocycles. The second kappa shape index (κ2) is 5.76. The monoisotopic (exact) mass is 214 g/mol. The number of aliphatic hydroxyl groups is 6. The summed E-state index contributed by atoms with van der Waals surface area (Å²) in [5.74, 6) is 0. The van der Waals surface area contributed by atoms with E-state index >= 15 is 0 Å². The quantitative estimate of drug-likeness (QED) is 0.190. The fourth-order valence-electron chi connectivity index (χ4n) is 0.714. The van der Waals surface area contributed by atoms with E-state index in [0.717, 1.165) is 0 Å². The van der Waals surface area contributed by atoms with Gasteiger partial charge in [-0.3, -0.25) is 0 Å². The Labute approximate surface area is 80.5 Å². The van der Waals surface area contributed by atoms with Crippen molar-refractivity contribution in [2.24, 2.45) is 0 Å². The van der Waals surface area contributed by atoms with E-state index in [0.29, 0.717) is 0 Å². The molecule has 0 aromatic rings. The van der Waals surface area contributed by atoms with Crippen molar-refractivity contribution >= 4 is 12.6 Å². The summed E-state index contributed by atoms with van der Waals surface area (Å²) in [6, 6.07) is 0. The second-order valence-corrected chi connectivity index (χ2v) is 3.16. The minimum atomic E-state index is -1.77. The zero-order chi connectivity index (χ0) is 10.6. The highest BCUT2D eigenvalue weighted by Crippen LogP contribution is 2.09. The number of aliphatic hydroxyl groups excluding tert-OH is 6. The Hall–Kier alpha value is 0.110. The molecule has 5 atom stereocenters. The van der Waals surface area contributed by atoms with Crippen LogP contribution in [0, 0.1) is 0 Å². The summed E-state index contributed by atoms with van der Waals surface area (Å²) in [4.78, 5) is 0. The molecule has 0 saturated carbocycles. The van der Waals surface area contributed by atoms with Crippen molar-refractivity contribution in [3.63, 3.8) is 0 Å². The predicted molar refractivity (Wildman–Crippen MR) is 46.1 cm³/mol. The summed E-state index contributed by atoms with van der Waals surface area (Å²) < 4.78 is 0. The molecule has 0 amide bonds. The molecular formula is C6H14O6S. The molecule has 6 N–H and O–H groups in total. The smallest absolute Gasteiger partial charge is 0.125 e. The van der Waals surface area contributed by atoms with E-state index in [4.69, 9.17) is 30.6 Å². The number of rotatable bonds is 5. The molecule has 0 aromatic carbocycles. The van der Waals surface area contributed by atoms with Gasteiger partial charge in [0.25, 0.3) is 0 Å². The van der Waals surface area contributed by atoms with Crippen LogP contribution in [0.5, 0.6) is 0 Å². The first-order valence-corrected chi connectivity index (χ1v) is 4.12. The largest absolute Gasteiger partial charge is 0.394 e. The fraction of sp³-hybridized carbons (Fsp3) is 1.00. The number of hydrogen-bond acceptors (Lipinski definition) is 7. The molecule has 0 spiro atoms. The average molecular weight is 214 g/mol. The van der Waals surface area contributed by atoms with Gasteiger partial charge in [-0.15, -0.1) is 12.6 Å². The third-order valence-electron chi connectivity index (χ3n) is 1.59. The lowest BCUT2D eigenvalue weighted by Gasteiger charge is -2.26. The minimum Gasteiger partial charge on any atom is -0.394 e. The molecule has 0 aliphatic rings. The lowest BCUT2D eigenvalue weighted by atomic mass is 10.0. The van der Waals surface area contributed by atoms with Crippen molar-refractivity contribution in [3.05, 3.63) is 0 Å². The van der Waals surface area contributed by atoms with E-state index in [2.05, 4.69) is 12.6 Å². The molecule has 80 valence electrons. The number of hydrogen-bond donors (Lipinski definition) is 7. The summed E-state index contributed by atoms with van der Waals surface area (Å²) in [6.07, 6.45) is -6.77. The maximum absolute atomic E-state index is 9.08. The average Bonchev–Trinajstić information content (AvgIpc) is 2.12. The van der Waals surface area contributed by atoms with Gasteiger partial charge in [-0.25, -0.2) is 0 Å². The van der Waals surface area contributed by atoms with E-state index in [1.165, 1.54) is 0 Å². The summed E-state index contributed by atoms with van der Waals surface area (Å²) in [7, 11) is 0. The summed E-state index contributed by atoms with van der Waals surface area (Å²) in [6.45, 7) is -0.756. The molecule has 0 saturated heterocycles. The van der Waals surface area contributed by atoms with Crippen LogP contribution in [0.15, 0.2) is 0 Å². The van der Waals surface area contributed by atoms with E-state index in [1.54, 1.807) is 0 Å². The first-order chi connectivity index (χ1) is 5.91. The molecule has 0 rings (SSSR count).